The molecule has 1 heterocycles. The molecule has 1 fully saturated rings. The Kier molecular flexibility index (Phi) is 6.25. The number of nitrogens with one attached hydrogen (secondary N) is 1. The molecule has 1 atom stereocenters. The largest absolute Gasteiger partial charge is 0.468 e. The zero-order chi connectivity index (χ0) is 13.6. The van der Waals surface area contributed by atoms with Crippen molar-refractivity contribution in [2.45, 2.75) is 25.8 Å². The number of rotatable bonds is 6. The molecule has 18 heavy (non-hydrogen) atoms. The lowest BCUT2D eigenvalue weighted by atomic mass is 10.0. The van der Waals surface area contributed by atoms with Gasteiger partial charge in [-0.2, -0.15) is 0 Å². The fourth-order valence-electron chi connectivity index (χ4n) is 2.10. The summed E-state index contributed by atoms with van der Waals surface area (Å²) in [6.07, 6.45) is 0.969. The van der Waals surface area contributed by atoms with E-state index in [4.69, 9.17) is 4.74 Å². The summed E-state index contributed by atoms with van der Waals surface area (Å²) >= 11 is 0. The fraction of sp³-hybridized carbons (Fsp3) is 0.917. The van der Waals surface area contributed by atoms with E-state index in [-0.39, 0.29) is 5.97 Å². The maximum Gasteiger partial charge on any atom is 0.327 e. The second-order valence-electron chi connectivity index (χ2n) is 4.87. The lowest BCUT2D eigenvalue weighted by Crippen LogP contribution is -2.59. The van der Waals surface area contributed by atoms with E-state index in [1.165, 1.54) is 7.11 Å². The molecule has 0 aromatic heterocycles. The topological polar surface area (TPSA) is 58.6 Å². The molecule has 1 rings (SSSR count). The van der Waals surface area contributed by atoms with Gasteiger partial charge in [0.2, 0.25) is 0 Å². The molecule has 0 spiro atoms. The standard InChI is InChI=1S/C12H24N2O3S/c1-4-5-13-12(2,11(15)17-3)10-14-6-8-18(16)9-7-14/h13H,4-10H2,1-3H3. The summed E-state index contributed by atoms with van der Waals surface area (Å²) < 4.78 is 16.2. The molecule has 1 unspecified atom stereocenters. The molecule has 5 nitrogen and oxygen atoms in total. The lowest BCUT2D eigenvalue weighted by Gasteiger charge is -2.35. The van der Waals surface area contributed by atoms with Crippen molar-refractivity contribution in [3.05, 3.63) is 0 Å². The zero-order valence-corrected chi connectivity index (χ0v) is 12.3. The first-order chi connectivity index (χ1) is 8.51. The molecule has 1 N–H and O–H groups in total. The van der Waals surface area contributed by atoms with Gasteiger partial charge in [-0.3, -0.25) is 13.9 Å². The van der Waals surface area contributed by atoms with Gasteiger partial charge in [0, 0.05) is 41.9 Å². The minimum absolute atomic E-state index is 0.234. The average molecular weight is 276 g/mol. The van der Waals surface area contributed by atoms with Crippen LogP contribution in [0.5, 0.6) is 0 Å². The number of hydrogen-bond acceptors (Lipinski definition) is 5. The van der Waals surface area contributed by atoms with Gasteiger partial charge in [0.1, 0.15) is 5.54 Å². The third-order valence-electron chi connectivity index (χ3n) is 3.21. The van der Waals surface area contributed by atoms with Crippen LogP contribution in [0, 0.1) is 0 Å². The van der Waals surface area contributed by atoms with Crippen LogP contribution in [0.1, 0.15) is 20.3 Å². The Morgan fingerprint density at radius 2 is 2.06 bits per heavy atom. The van der Waals surface area contributed by atoms with Gasteiger partial charge in [-0.25, -0.2) is 0 Å². The highest BCUT2D eigenvalue weighted by Gasteiger charge is 2.36. The van der Waals surface area contributed by atoms with Crippen molar-refractivity contribution in [3.8, 4) is 0 Å². The van der Waals surface area contributed by atoms with E-state index >= 15 is 0 Å². The monoisotopic (exact) mass is 276 g/mol. The van der Waals surface area contributed by atoms with Crippen LogP contribution in [0.25, 0.3) is 0 Å². The van der Waals surface area contributed by atoms with Gasteiger partial charge >= 0.3 is 5.97 Å². The summed E-state index contributed by atoms with van der Waals surface area (Å²) in [5, 5.41) is 3.26. The summed E-state index contributed by atoms with van der Waals surface area (Å²) in [7, 11) is 0.731. The summed E-state index contributed by atoms with van der Waals surface area (Å²) in [4.78, 5) is 14.1. The lowest BCUT2D eigenvalue weighted by molar-refractivity contribution is -0.148. The molecule has 6 heteroatoms. The maximum atomic E-state index is 11.9. The van der Waals surface area contributed by atoms with E-state index < -0.39 is 16.3 Å². The highest BCUT2D eigenvalue weighted by atomic mass is 32.2. The molecular weight excluding hydrogens is 252 g/mol. The first kappa shape index (κ1) is 15.6. The van der Waals surface area contributed by atoms with Gasteiger partial charge in [0.15, 0.2) is 0 Å². The van der Waals surface area contributed by atoms with Crippen LogP contribution in [0.2, 0.25) is 0 Å². The first-order valence-corrected chi connectivity index (χ1v) is 7.91. The van der Waals surface area contributed by atoms with Crippen molar-refractivity contribution in [1.29, 1.82) is 0 Å². The molecule has 0 aliphatic carbocycles. The van der Waals surface area contributed by atoms with E-state index in [0.29, 0.717) is 18.1 Å². The Morgan fingerprint density at radius 3 is 2.56 bits per heavy atom. The highest BCUT2D eigenvalue weighted by Crippen LogP contribution is 2.12. The summed E-state index contributed by atoms with van der Waals surface area (Å²) in [6.45, 7) is 6.90. The highest BCUT2D eigenvalue weighted by molar-refractivity contribution is 7.85. The number of carbonyl (C=O) groups excluding carboxylic acids is 1. The van der Waals surface area contributed by atoms with E-state index in [2.05, 4.69) is 17.1 Å². The Hall–Kier alpha value is -0.460. The molecule has 1 aliphatic rings. The maximum absolute atomic E-state index is 11.9. The van der Waals surface area contributed by atoms with Gasteiger partial charge in [-0.1, -0.05) is 6.92 Å². The van der Waals surface area contributed by atoms with Gasteiger partial charge in [-0.15, -0.1) is 0 Å². The quantitative estimate of drug-likeness (QED) is 0.691. The molecule has 0 aromatic rings. The van der Waals surface area contributed by atoms with Gasteiger partial charge in [0.05, 0.1) is 7.11 Å². The third kappa shape index (κ3) is 4.33. The van der Waals surface area contributed by atoms with Crippen LogP contribution >= 0.6 is 0 Å². The fourth-order valence-corrected chi connectivity index (χ4v) is 3.23. The van der Waals surface area contributed by atoms with Crippen LogP contribution in [-0.4, -0.2) is 65.4 Å². The smallest absolute Gasteiger partial charge is 0.327 e. The summed E-state index contributed by atoms with van der Waals surface area (Å²) in [5.41, 5.74) is -0.677. The number of esters is 1. The molecule has 1 aliphatic heterocycles. The molecule has 0 radical (unpaired) electrons. The van der Waals surface area contributed by atoms with Crippen molar-refractivity contribution in [2.75, 3.05) is 44.8 Å². The van der Waals surface area contributed by atoms with E-state index in [9.17, 15) is 9.00 Å². The third-order valence-corrected chi connectivity index (χ3v) is 4.49. The Balaban J connectivity index is 2.60. The second-order valence-corrected chi connectivity index (χ2v) is 6.57. The first-order valence-electron chi connectivity index (χ1n) is 6.42. The predicted molar refractivity (Wildman–Crippen MR) is 73.0 cm³/mol. The Bertz CT molecular complexity index is 302. The van der Waals surface area contributed by atoms with Crippen molar-refractivity contribution in [1.82, 2.24) is 10.2 Å². The normalized spacial score (nSPS) is 21.5. The average Bonchev–Trinajstić information content (AvgIpc) is 2.38. The second kappa shape index (κ2) is 7.21. The Morgan fingerprint density at radius 1 is 1.44 bits per heavy atom. The molecule has 0 bridgehead atoms. The van der Waals surface area contributed by atoms with Crippen molar-refractivity contribution in [3.63, 3.8) is 0 Å². The molecule has 0 saturated carbocycles. The van der Waals surface area contributed by atoms with Gasteiger partial charge in [0.25, 0.3) is 0 Å². The number of nitrogens with zero attached hydrogens (tertiary/aromatic N) is 1. The van der Waals surface area contributed by atoms with Crippen molar-refractivity contribution < 1.29 is 13.7 Å². The van der Waals surface area contributed by atoms with Crippen LogP contribution in [0.4, 0.5) is 0 Å². The summed E-state index contributed by atoms with van der Waals surface area (Å²) in [5.74, 6) is 1.17. The van der Waals surface area contributed by atoms with Gasteiger partial charge in [-0.05, 0) is 19.9 Å². The van der Waals surface area contributed by atoms with Crippen LogP contribution in [0.15, 0.2) is 0 Å². The zero-order valence-electron chi connectivity index (χ0n) is 11.5. The van der Waals surface area contributed by atoms with E-state index in [1.807, 2.05) is 6.92 Å². The van der Waals surface area contributed by atoms with Crippen LogP contribution in [0.3, 0.4) is 0 Å². The molecule has 0 aromatic carbocycles. The van der Waals surface area contributed by atoms with Crippen LogP contribution in [-0.2, 0) is 20.3 Å². The molecule has 106 valence electrons. The number of ether oxygens (including phenoxy) is 1. The molecule has 1 saturated heterocycles. The van der Waals surface area contributed by atoms with Gasteiger partial charge < -0.3 is 10.1 Å². The predicted octanol–water partition coefficient (Wildman–Crippen LogP) is -0.0180. The van der Waals surface area contributed by atoms with E-state index in [0.717, 1.165) is 26.1 Å². The van der Waals surface area contributed by atoms with Crippen molar-refractivity contribution >= 4 is 16.8 Å². The molecule has 0 amide bonds. The number of methoxy groups -OCH3 is 1. The minimum atomic E-state index is -0.685. The van der Waals surface area contributed by atoms with Crippen LogP contribution < -0.4 is 5.32 Å². The Labute approximate surface area is 112 Å². The van der Waals surface area contributed by atoms with E-state index in [1.54, 1.807) is 0 Å². The SMILES string of the molecule is CCCNC(C)(CN1CCS(=O)CC1)C(=O)OC. The summed E-state index contributed by atoms with van der Waals surface area (Å²) in [6, 6.07) is 0. The van der Waals surface area contributed by atoms with Crippen molar-refractivity contribution in [2.24, 2.45) is 0 Å². The number of carbonyl (C=O) groups is 1. The minimum Gasteiger partial charge on any atom is -0.468 e. The molecular formula is C12H24N2O3S. The number of hydrogen-bond donors (Lipinski definition) is 1.